The van der Waals surface area contributed by atoms with Crippen LogP contribution in [0.2, 0.25) is 5.02 Å². The lowest BCUT2D eigenvalue weighted by Gasteiger charge is -2.23. The largest absolute Gasteiger partial charge is 0.386 e. The average molecular weight is 273 g/mol. The van der Waals surface area contributed by atoms with E-state index in [0.29, 0.717) is 22.8 Å². The highest BCUT2D eigenvalue weighted by atomic mass is 35.5. The molecule has 0 saturated carbocycles. The molecule has 17 heavy (non-hydrogen) atoms. The third-order valence-electron chi connectivity index (χ3n) is 2.77. The fraction of sp³-hybridized carbons (Fsp3) is 0.385. The van der Waals surface area contributed by atoms with E-state index in [9.17, 15) is 9.32 Å². The smallest absolute Gasteiger partial charge is 0.0832 e. The van der Waals surface area contributed by atoms with E-state index in [4.69, 9.17) is 11.6 Å². The van der Waals surface area contributed by atoms with Crippen molar-refractivity contribution in [2.24, 2.45) is 0 Å². The maximum atomic E-state index is 12.0. The van der Waals surface area contributed by atoms with Gasteiger partial charge >= 0.3 is 0 Å². The van der Waals surface area contributed by atoms with Crippen molar-refractivity contribution >= 4 is 22.4 Å². The maximum Gasteiger partial charge on any atom is 0.0832 e. The van der Waals surface area contributed by atoms with Gasteiger partial charge < -0.3 is 5.11 Å². The van der Waals surface area contributed by atoms with Gasteiger partial charge in [-0.15, -0.1) is 0 Å². The van der Waals surface area contributed by atoms with Crippen molar-refractivity contribution < 1.29 is 9.32 Å². The summed E-state index contributed by atoms with van der Waals surface area (Å²) in [7, 11) is -1.11. The van der Waals surface area contributed by atoms with Crippen molar-refractivity contribution in [2.45, 2.75) is 30.8 Å². The summed E-state index contributed by atoms with van der Waals surface area (Å²) in [6.45, 7) is 7.18. The molecule has 0 aromatic heterocycles. The molecule has 2 atom stereocenters. The van der Waals surface area contributed by atoms with Crippen LogP contribution in [0.15, 0.2) is 41.3 Å². The molecule has 0 bridgehead atoms. The lowest BCUT2D eigenvalue weighted by molar-refractivity contribution is 0.0961. The summed E-state index contributed by atoms with van der Waals surface area (Å²) in [6, 6.07) is 6.92. The van der Waals surface area contributed by atoms with Gasteiger partial charge in [-0.25, -0.2) is 0 Å². The van der Waals surface area contributed by atoms with E-state index in [1.807, 2.05) is 0 Å². The summed E-state index contributed by atoms with van der Waals surface area (Å²) < 4.78 is 12.0. The van der Waals surface area contributed by atoms with Crippen molar-refractivity contribution in [3.8, 4) is 0 Å². The lowest BCUT2D eigenvalue weighted by atomic mass is 9.96. The van der Waals surface area contributed by atoms with Gasteiger partial charge in [0.2, 0.25) is 0 Å². The predicted molar refractivity (Wildman–Crippen MR) is 72.8 cm³/mol. The third-order valence-corrected chi connectivity index (χ3v) is 4.40. The highest BCUT2D eigenvalue weighted by molar-refractivity contribution is 7.85. The van der Waals surface area contributed by atoms with Crippen LogP contribution in [-0.4, -0.2) is 20.7 Å². The summed E-state index contributed by atoms with van der Waals surface area (Å²) in [5, 5.41) is 10.6. The van der Waals surface area contributed by atoms with E-state index in [1.54, 1.807) is 38.1 Å². The van der Waals surface area contributed by atoms with Crippen LogP contribution in [0.4, 0.5) is 0 Å². The fourth-order valence-electron chi connectivity index (χ4n) is 1.21. The molecule has 94 valence electrons. The summed E-state index contributed by atoms with van der Waals surface area (Å²) in [5.74, 6) is 0.404. The normalized spacial score (nSPS) is 16.2. The number of halogens is 1. The van der Waals surface area contributed by atoms with E-state index in [1.165, 1.54) is 0 Å². The Morgan fingerprint density at radius 3 is 2.47 bits per heavy atom. The molecule has 4 heteroatoms. The zero-order chi connectivity index (χ0) is 13.1. The van der Waals surface area contributed by atoms with Gasteiger partial charge in [0.15, 0.2) is 0 Å². The Hall–Kier alpha value is -0.640. The van der Waals surface area contributed by atoms with Gasteiger partial charge in [-0.1, -0.05) is 18.2 Å². The highest BCUT2D eigenvalue weighted by Gasteiger charge is 2.22. The molecule has 0 aliphatic carbocycles. The van der Waals surface area contributed by atoms with Gasteiger partial charge in [-0.05, 0) is 50.1 Å². The first-order valence-electron chi connectivity index (χ1n) is 5.35. The minimum absolute atomic E-state index is 0.404. The fourth-order valence-corrected chi connectivity index (χ4v) is 2.59. The van der Waals surface area contributed by atoms with E-state index < -0.39 is 16.4 Å². The van der Waals surface area contributed by atoms with Crippen LogP contribution in [0.1, 0.15) is 20.3 Å². The molecule has 1 aromatic carbocycles. The highest BCUT2D eigenvalue weighted by Crippen LogP contribution is 2.20. The molecule has 1 N–H and O–H groups in total. The van der Waals surface area contributed by atoms with Gasteiger partial charge in [0, 0.05) is 15.7 Å². The summed E-state index contributed by atoms with van der Waals surface area (Å²) in [5.41, 5.74) is -0.271. The van der Waals surface area contributed by atoms with Gasteiger partial charge in [-0.2, -0.15) is 0 Å². The second kappa shape index (κ2) is 5.80. The maximum absolute atomic E-state index is 12.0. The molecule has 1 aromatic rings. The Kier molecular flexibility index (Phi) is 4.92. The Morgan fingerprint density at radius 1 is 1.47 bits per heavy atom. The van der Waals surface area contributed by atoms with Crippen LogP contribution in [0, 0.1) is 0 Å². The molecule has 0 spiro atoms. The Labute approximate surface area is 110 Å². The predicted octanol–water partition coefficient (Wildman–Crippen LogP) is 3.16. The van der Waals surface area contributed by atoms with Crippen LogP contribution in [0.3, 0.4) is 0 Å². The molecule has 0 radical (unpaired) electrons. The van der Waals surface area contributed by atoms with E-state index in [2.05, 4.69) is 6.58 Å². The number of hydrogen-bond acceptors (Lipinski definition) is 2. The lowest BCUT2D eigenvalue weighted by Crippen LogP contribution is -2.27. The van der Waals surface area contributed by atoms with Crippen LogP contribution < -0.4 is 0 Å². The molecule has 2 nitrogen and oxygen atoms in total. The van der Waals surface area contributed by atoms with E-state index >= 15 is 0 Å². The van der Waals surface area contributed by atoms with Crippen LogP contribution in [0.25, 0.3) is 0 Å². The summed E-state index contributed by atoms with van der Waals surface area (Å²) in [4.78, 5) is 0.729. The quantitative estimate of drug-likeness (QED) is 0.836. The molecule has 0 aliphatic rings. The molecule has 0 amide bonds. The Bertz CT molecular complexity index is 424. The first-order valence-corrected chi connectivity index (χ1v) is 7.05. The molecule has 0 saturated heterocycles. The topological polar surface area (TPSA) is 37.3 Å². The molecule has 1 rings (SSSR count). The van der Waals surface area contributed by atoms with Gasteiger partial charge in [-0.3, -0.25) is 4.21 Å². The van der Waals surface area contributed by atoms with Crippen molar-refractivity contribution in [3.05, 3.63) is 41.4 Å². The van der Waals surface area contributed by atoms with Gasteiger partial charge in [0.05, 0.1) is 16.4 Å². The SMILES string of the molecule is C=C(C)[C@](C)(O)CCS(=O)c1ccc(Cl)cc1. The van der Waals surface area contributed by atoms with E-state index in [-0.39, 0.29) is 0 Å². The van der Waals surface area contributed by atoms with Gasteiger partial charge in [0.25, 0.3) is 0 Å². The van der Waals surface area contributed by atoms with Crippen LogP contribution in [-0.2, 0) is 10.8 Å². The molecule has 1 unspecified atom stereocenters. The van der Waals surface area contributed by atoms with E-state index in [0.717, 1.165) is 4.90 Å². The number of benzene rings is 1. The first-order chi connectivity index (χ1) is 7.83. The van der Waals surface area contributed by atoms with Gasteiger partial charge in [0.1, 0.15) is 0 Å². The van der Waals surface area contributed by atoms with Crippen LogP contribution >= 0.6 is 11.6 Å². The zero-order valence-electron chi connectivity index (χ0n) is 10.1. The van der Waals surface area contributed by atoms with Crippen molar-refractivity contribution in [3.63, 3.8) is 0 Å². The number of hydrogen-bond donors (Lipinski definition) is 1. The Balaban J connectivity index is 2.62. The molecule has 0 fully saturated rings. The summed E-state index contributed by atoms with van der Waals surface area (Å²) >= 11 is 5.76. The number of aliphatic hydroxyl groups is 1. The monoisotopic (exact) mass is 272 g/mol. The number of rotatable bonds is 5. The van der Waals surface area contributed by atoms with Crippen LogP contribution in [0.5, 0.6) is 0 Å². The molecule has 0 aliphatic heterocycles. The third kappa shape index (κ3) is 4.26. The average Bonchev–Trinajstić information content (AvgIpc) is 2.27. The standard InChI is InChI=1S/C13H17ClO2S/c1-10(2)13(3,15)8-9-17(16)12-6-4-11(14)5-7-12/h4-7,15H,1,8-9H2,2-3H3/t13-,17?/m1/s1. The summed E-state index contributed by atoms with van der Waals surface area (Å²) in [6.07, 6.45) is 0.428. The second-order valence-electron chi connectivity index (χ2n) is 4.31. The Morgan fingerprint density at radius 2 is 2.00 bits per heavy atom. The minimum Gasteiger partial charge on any atom is -0.386 e. The minimum atomic E-state index is -1.11. The second-order valence-corrected chi connectivity index (χ2v) is 6.31. The van der Waals surface area contributed by atoms with Crippen molar-refractivity contribution in [2.75, 3.05) is 5.75 Å². The van der Waals surface area contributed by atoms with Crippen molar-refractivity contribution in [1.29, 1.82) is 0 Å². The zero-order valence-corrected chi connectivity index (χ0v) is 11.6. The molecule has 0 heterocycles. The first kappa shape index (κ1) is 14.4. The molecular formula is C13H17ClO2S. The van der Waals surface area contributed by atoms with Crippen molar-refractivity contribution in [1.82, 2.24) is 0 Å². The molecular weight excluding hydrogens is 256 g/mol.